The minimum atomic E-state index is -4.34. The number of carboxylic acid groups (broad SMARTS) is 1. The lowest BCUT2D eigenvalue weighted by Crippen LogP contribution is -2.63. The first kappa shape index (κ1) is 28.5. The minimum Gasteiger partial charge on any atom is -0.435 e. The molecule has 1 aromatic carbocycles. The van der Waals surface area contributed by atoms with Crippen LogP contribution in [0.1, 0.15) is 27.7 Å². The Morgan fingerprint density at radius 3 is 2.32 bits per heavy atom. The smallest absolute Gasteiger partial charge is 0.435 e. The molecule has 12 nitrogen and oxygen atoms in total. The van der Waals surface area contributed by atoms with Gasteiger partial charge in [0.15, 0.2) is 5.12 Å². The highest BCUT2D eigenvalue weighted by Gasteiger charge is 2.48. The molecular weight excluding hydrogens is 532 g/mol. The van der Waals surface area contributed by atoms with Crippen LogP contribution < -0.4 is 15.2 Å². The molecule has 1 aliphatic rings. The molecule has 0 aromatic heterocycles. The predicted octanol–water partition coefficient (Wildman–Crippen LogP) is 1.36. The normalized spacial score (nSPS) is 20.4. The molecule has 0 fully saturated rings. The lowest BCUT2D eigenvalue weighted by molar-refractivity contribution is -0.761. The van der Waals surface area contributed by atoms with E-state index < -0.39 is 69.7 Å². The predicted molar refractivity (Wildman–Crippen MR) is 126 cm³/mol. The van der Waals surface area contributed by atoms with Crippen LogP contribution in [-0.4, -0.2) is 68.5 Å². The molecule has 2 rings (SSSR count). The highest BCUT2D eigenvalue weighted by atomic mass is 35.5. The number of nitrogens with one attached hydrogen (secondary N) is 2. The van der Waals surface area contributed by atoms with Crippen molar-refractivity contribution >= 4 is 66.2 Å². The SMILES string of the molecule is CC(SC(=O)C(C)(C)C)C(=O)[N+](C)(CC1Nc2cc(Cl)c(S(N)(=O)=O)cc2S(=O)(=O)N1)C(=O)O. The van der Waals surface area contributed by atoms with Crippen molar-refractivity contribution in [1.29, 1.82) is 0 Å². The molecule has 3 unspecified atom stereocenters. The number of benzene rings is 1. The van der Waals surface area contributed by atoms with Crippen LogP contribution in [0, 0.1) is 5.41 Å². The second kappa shape index (κ2) is 9.37. The first-order chi connectivity index (χ1) is 15.2. The number of nitrogens with two attached hydrogens (primary N) is 1. The van der Waals surface area contributed by atoms with Crippen LogP contribution in [-0.2, 0) is 29.6 Å². The molecule has 34 heavy (non-hydrogen) atoms. The van der Waals surface area contributed by atoms with Gasteiger partial charge >= 0.3 is 12.0 Å². The molecule has 1 heterocycles. The summed E-state index contributed by atoms with van der Waals surface area (Å²) in [6, 6.07) is 1.82. The summed E-state index contributed by atoms with van der Waals surface area (Å²) < 4.78 is 49.9. The number of sulfonamides is 2. The van der Waals surface area contributed by atoms with Gasteiger partial charge in [-0.3, -0.25) is 4.79 Å². The monoisotopic (exact) mass is 557 g/mol. The quantitative estimate of drug-likeness (QED) is 0.384. The number of halogens is 1. The van der Waals surface area contributed by atoms with E-state index in [1.807, 2.05) is 0 Å². The second-order valence-corrected chi connectivity index (χ2v) is 13.9. The Hall–Kier alpha value is -1.75. The van der Waals surface area contributed by atoms with Gasteiger partial charge in [0.2, 0.25) is 20.0 Å². The summed E-state index contributed by atoms with van der Waals surface area (Å²) in [6.45, 7) is 5.81. The summed E-state index contributed by atoms with van der Waals surface area (Å²) in [5.74, 6) is -0.829. The highest BCUT2D eigenvalue weighted by molar-refractivity contribution is 8.14. The van der Waals surface area contributed by atoms with Gasteiger partial charge in [0.05, 0.1) is 17.8 Å². The van der Waals surface area contributed by atoms with Crippen LogP contribution in [0.5, 0.6) is 0 Å². The fraction of sp³-hybridized carbons (Fsp3) is 0.500. The fourth-order valence-corrected chi connectivity index (χ4v) is 6.55. The van der Waals surface area contributed by atoms with Crippen molar-refractivity contribution in [3.8, 4) is 0 Å². The van der Waals surface area contributed by atoms with E-state index >= 15 is 0 Å². The molecular formula is C18H26ClN4O8S3+. The summed E-state index contributed by atoms with van der Waals surface area (Å²) in [6.07, 6.45) is -2.84. The number of carbonyl (C=O) groups is 3. The molecule has 3 atom stereocenters. The van der Waals surface area contributed by atoms with Crippen LogP contribution in [0.25, 0.3) is 0 Å². The lowest BCUT2D eigenvalue weighted by atomic mass is 10.00. The Balaban J connectivity index is 2.39. The Morgan fingerprint density at radius 1 is 1.29 bits per heavy atom. The van der Waals surface area contributed by atoms with Crippen LogP contribution in [0.15, 0.2) is 21.9 Å². The van der Waals surface area contributed by atoms with Crippen LogP contribution >= 0.6 is 23.4 Å². The van der Waals surface area contributed by atoms with Gasteiger partial charge in [-0.05, 0) is 19.1 Å². The molecule has 1 aliphatic heterocycles. The number of imide groups is 1. The maximum absolute atomic E-state index is 13.1. The topological polar surface area (TPSA) is 190 Å². The second-order valence-electron chi connectivity index (χ2n) is 8.93. The van der Waals surface area contributed by atoms with Gasteiger partial charge in [-0.25, -0.2) is 26.8 Å². The fourth-order valence-electron chi connectivity index (χ4n) is 3.06. The molecule has 1 aromatic rings. The Kier molecular flexibility index (Phi) is 7.85. The number of quaternary nitrogens is 1. The van der Waals surface area contributed by atoms with E-state index in [2.05, 4.69) is 10.0 Å². The number of thioether (sulfide) groups is 1. The van der Waals surface area contributed by atoms with E-state index in [0.717, 1.165) is 19.2 Å². The molecule has 5 N–H and O–H groups in total. The zero-order chi connectivity index (χ0) is 26.4. The number of nitrogens with zero attached hydrogens (tertiary/aromatic N) is 1. The van der Waals surface area contributed by atoms with Crippen molar-refractivity contribution in [2.45, 2.75) is 48.9 Å². The molecule has 0 aliphatic carbocycles. The van der Waals surface area contributed by atoms with Gasteiger partial charge in [0.1, 0.15) is 27.8 Å². The van der Waals surface area contributed by atoms with E-state index in [1.54, 1.807) is 20.8 Å². The van der Waals surface area contributed by atoms with Gasteiger partial charge in [-0.2, -0.15) is 14.0 Å². The number of primary sulfonamides is 1. The largest absolute Gasteiger partial charge is 0.521 e. The van der Waals surface area contributed by atoms with Crippen molar-refractivity contribution < 1.29 is 40.8 Å². The zero-order valence-electron chi connectivity index (χ0n) is 18.9. The highest BCUT2D eigenvalue weighted by Crippen LogP contribution is 2.34. The molecule has 16 heteroatoms. The number of likely N-dealkylation sites (N-methyl/N-ethyl adjacent to an activating group) is 1. The molecule has 0 saturated carbocycles. The van der Waals surface area contributed by atoms with E-state index in [1.165, 1.54) is 6.92 Å². The molecule has 2 amide bonds. The average Bonchev–Trinajstić information content (AvgIpc) is 2.63. The third-order valence-electron chi connectivity index (χ3n) is 4.96. The van der Waals surface area contributed by atoms with Crippen molar-refractivity contribution in [1.82, 2.24) is 4.72 Å². The summed E-state index contributed by atoms with van der Waals surface area (Å²) in [4.78, 5) is 36.4. The zero-order valence-corrected chi connectivity index (χ0v) is 22.2. The third kappa shape index (κ3) is 5.90. The van der Waals surface area contributed by atoms with Crippen molar-refractivity contribution in [2.75, 3.05) is 18.9 Å². The minimum absolute atomic E-state index is 0.101. The molecule has 0 spiro atoms. The number of hydrogen-bond acceptors (Lipinski definition) is 9. The number of anilines is 1. The van der Waals surface area contributed by atoms with Gasteiger partial charge in [-0.1, -0.05) is 44.1 Å². The lowest BCUT2D eigenvalue weighted by Gasteiger charge is -2.34. The number of carbonyl (C=O) groups excluding carboxylic acids is 2. The third-order valence-corrected chi connectivity index (χ3v) is 9.23. The van der Waals surface area contributed by atoms with Gasteiger partial charge in [-0.15, -0.1) is 0 Å². The standard InChI is InChI=1S/C18H25ClN4O8S3/c1-9(32-16(25)18(2,3)4)15(24)23(5,17(26)27)8-14-21-11-6-10(19)12(33(20,28)29)7-13(11)34(30,31)22-14/h6-7,9,14,21-22H,8H2,1-5H3,(H2-,20,26,27,28,29)/p+1. The van der Waals surface area contributed by atoms with Crippen molar-refractivity contribution in [3.05, 3.63) is 17.2 Å². The first-order valence-electron chi connectivity index (χ1n) is 9.70. The van der Waals surface area contributed by atoms with Gasteiger partial charge in [0, 0.05) is 5.41 Å². The number of rotatable bonds is 5. The van der Waals surface area contributed by atoms with Gasteiger partial charge in [0.25, 0.3) is 0 Å². The molecule has 190 valence electrons. The number of amides is 2. The summed E-state index contributed by atoms with van der Waals surface area (Å²) in [7, 11) is -7.57. The van der Waals surface area contributed by atoms with Gasteiger partial charge < -0.3 is 10.4 Å². The molecule has 0 saturated heterocycles. The number of hydrogen-bond donors (Lipinski definition) is 4. The van der Waals surface area contributed by atoms with Crippen LogP contribution in [0.3, 0.4) is 0 Å². The summed E-state index contributed by atoms with van der Waals surface area (Å²) in [5.41, 5.74) is -0.860. The van der Waals surface area contributed by atoms with E-state index in [0.29, 0.717) is 11.8 Å². The summed E-state index contributed by atoms with van der Waals surface area (Å²) in [5, 5.41) is 15.9. The maximum atomic E-state index is 13.1. The van der Waals surface area contributed by atoms with Crippen molar-refractivity contribution in [2.24, 2.45) is 10.6 Å². The van der Waals surface area contributed by atoms with Crippen LogP contribution in [0.4, 0.5) is 10.5 Å². The Morgan fingerprint density at radius 2 is 1.85 bits per heavy atom. The Labute approximate surface area is 206 Å². The molecule has 0 bridgehead atoms. The summed E-state index contributed by atoms with van der Waals surface area (Å²) >= 11 is 6.65. The Bertz CT molecular complexity index is 1260. The average molecular weight is 558 g/mol. The van der Waals surface area contributed by atoms with E-state index in [9.17, 15) is 36.3 Å². The van der Waals surface area contributed by atoms with E-state index in [4.69, 9.17) is 16.7 Å². The van der Waals surface area contributed by atoms with E-state index in [-0.39, 0.29) is 15.8 Å². The number of fused-ring (bicyclic) bond motifs is 1. The van der Waals surface area contributed by atoms with Crippen molar-refractivity contribution in [3.63, 3.8) is 0 Å². The maximum Gasteiger partial charge on any atom is 0.521 e. The first-order valence-corrected chi connectivity index (χ1v) is 14.0. The molecule has 0 radical (unpaired) electrons. The van der Waals surface area contributed by atoms with Crippen LogP contribution in [0.2, 0.25) is 5.02 Å².